The van der Waals surface area contributed by atoms with E-state index in [4.69, 9.17) is 12.2 Å². The molecule has 0 aliphatic rings. The van der Waals surface area contributed by atoms with E-state index in [2.05, 4.69) is 15.6 Å². The van der Waals surface area contributed by atoms with Gasteiger partial charge in [0, 0.05) is 24.6 Å². The van der Waals surface area contributed by atoms with Crippen molar-refractivity contribution in [2.45, 2.75) is 13.5 Å². The van der Waals surface area contributed by atoms with Crippen LogP contribution in [0.15, 0.2) is 48.8 Å². The van der Waals surface area contributed by atoms with Gasteiger partial charge in [0.2, 0.25) is 0 Å². The minimum atomic E-state index is 0.623. The molecule has 0 amide bonds. The predicted octanol–water partition coefficient (Wildman–Crippen LogP) is 2.88. The molecule has 1 aromatic heterocycles. The zero-order chi connectivity index (χ0) is 12.8. The van der Waals surface area contributed by atoms with Crippen LogP contribution in [0.1, 0.15) is 11.1 Å². The number of para-hydroxylation sites is 1. The lowest BCUT2D eigenvalue weighted by Gasteiger charge is -2.11. The minimum absolute atomic E-state index is 0.623. The first kappa shape index (κ1) is 12.5. The van der Waals surface area contributed by atoms with Gasteiger partial charge in [-0.25, -0.2) is 0 Å². The van der Waals surface area contributed by atoms with Crippen LogP contribution in [0.5, 0.6) is 0 Å². The van der Waals surface area contributed by atoms with Crippen LogP contribution in [-0.2, 0) is 6.54 Å². The molecule has 0 aliphatic heterocycles. The molecule has 2 rings (SSSR count). The van der Waals surface area contributed by atoms with E-state index < -0.39 is 0 Å². The normalized spacial score (nSPS) is 9.83. The molecule has 0 radical (unpaired) electrons. The number of nitrogens with zero attached hydrogens (tertiary/aromatic N) is 1. The lowest BCUT2D eigenvalue weighted by Crippen LogP contribution is -2.28. The van der Waals surface area contributed by atoms with E-state index in [0.29, 0.717) is 11.7 Å². The van der Waals surface area contributed by atoms with Gasteiger partial charge in [-0.15, -0.1) is 0 Å². The Bertz CT molecular complexity index is 526. The summed E-state index contributed by atoms with van der Waals surface area (Å²) in [6.45, 7) is 2.74. The molecule has 0 saturated heterocycles. The van der Waals surface area contributed by atoms with E-state index in [0.717, 1.165) is 11.3 Å². The maximum atomic E-state index is 5.24. The lowest BCUT2D eigenvalue weighted by atomic mass is 10.1. The van der Waals surface area contributed by atoms with Gasteiger partial charge in [-0.05, 0) is 48.5 Å². The fourth-order valence-corrected chi connectivity index (χ4v) is 1.76. The van der Waals surface area contributed by atoms with E-state index in [9.17, 15) is 0 Å². The summed E-state index contributed by atoms with van der Waals surface area (Å²) in [7, 11) is 0. The topological polar surface area (TPSA) is 37.0 Å². The second kappa shape index (κ2) is 6.12. The number of aryl methyl sites for hydroxylation is 1. The molecule has 0 bridgehead atoms. The van der Waals surface area contributed by atoms with Crippen LogP contribution in [0.25, 0.3) is 0 Å². The average Bonchev–Trinajstić information content (AvgIpc) is 2.39. The summed E-state index contributed by atoms with van der Waals surface area (Å²) in [6.07, 6.45) is 3.64. The molecular weight excluding hydrogens is 242 g/mol. The Morgan fingerprint density at radius 3 is 2.72 bits per heavy atom. The Labute approximate surface area is 112 Å². The fraction of sp³-hybridized carbons (Fsp3) is 0.143. The Balaban J connectivity index is 1.88. The van der Waals surface area contributed by atoms with Gasteiger partial charge in [-0.3, -0.25) is 4.98 Å². The first-order valence-electron chi connectivity index (χ1n) is 5.75. The number of hydrogen-bond acceptors (Lipinski definition) is 2. The van der Waals surface area contributed by atoms with Crippen LogP contribution in [0.2, 0.25) is 0 Å². The molecular formula is C14H15N3S. The third-order valence-electron chi connectivity index (χ3n) is 2.61. The number of hydrogen-bond donors (Lipinski definition) is 2. The smallest absolute Gasteiger partial charge is 0.171 e. The number of aromatic nitrogens is 1. The van der Waals surface area contributed by atoms with Crippen molar-refractivity contribution < 1.29 is 0 Å². The van der Waals surface area contributed by atoms with Crippen molar-refractivity contribution in [1.82, 2.24) is 10.3 Å². The van der Waals surface area contributed by atoms with Crippen molar-refractivity contribution in [3.8, 4) is 0 Å². The molecule has 1 aromatic carbocycles. The Morgan fingerprint density at radius 2 is 2.00 bits per heavy atom. The molecule has 3 nitrogen and oxygen atoms in total. The summed E-state index contributed by atoms with van der Waals surface area (Å²) in [6, 6.07) is 11.9. The van der Waals surface area contributed by atoms with Crippen molar-refractivity contribution in [1.29, 1.82) is 0 Å². The quantitative estimate of drug-likeness (QED) is 0.829. The van der Waals surface area contributed by atoms with Crippen LogP contribution < -0.4 is 10.6 Å². The second-order valence-electron chi connectivity index (χ2n) is 3.98. The molecule has 0 saturated carbocycles. The van der Waals surface area contributed by atoms with Gasteiger partial charge < -0.3 is 10.6 Å². The molecule has 1 heterocycles. The highest BCUT2D eigenvalue weighted by atomic mass is 32.1. The molecule has 2 N–H and O–H groups in total. The highest BCUT2D eigenvalue weighted by Crippen LogP contribution is 2.06. The van der Waals surface area contributed by atoms with E-state index in [1.807, 2.05) is 49.5 Å². The second-order valence-corrected chi connectivity index (χ2v) is 4.38. The molecule has 92 valence electrons. The van der Waals surface area contributed by atoms with Crippen LogP contribution in [0.4, 0.5) is 5.69 Å². The molecule has 2 aromatic rings. The van der Waals surface area contributed by atoms with Gasteiger partial charge in [0.05, 0.1) is 0 Å². The van der Waals surface area contributed by atoms with E-state index in [1.165, 1.54) is 5.56 Å². The number of pyridine rings is 1. The van der Waals surface area contributed by atoms with Gasteiger partial charge in [0.1, 0.15) is 0 Å². The number of nitrogens with one attached hydrogen (secondary N) is 2. The number of rotatable bonds is 3. The highest BCUT2D eigenvalue weighted by Gasteiger charge is 1.99. The summed E-state index contributed by atoms with van der Waals surface area (Å²) in [4.78, 5) is 4.06. The maximum absolute atomic E-state index is 5.24. The Morgan fingerprint density at radius 1 is 1.22 bits per heavy atom. The first-order chi connectivity index (χ1) is 8.75. The van der Waals surface area contributed by atoms with Crippen LogP contribution in [0.3, 0.4) is 0 Å². The number of anilines is 1. The Kier molecular flexibility index (Phi) is 4.25. The highest BCUT2D eigenvalue weighted by molar-refractivity contribution is 7.80. The summed E-state index contributed by atoms with van der Waals surface area (Å²) >= 11 is 5.24. The first-order valence-corrected chi connectivity index (χ1v) is 6.16. The molecule has 0 atom stereocenters. The third kappa shape index (κ3) is 3.53. The Hall–Kier alpha value is -1.94. The summed E-state index contributed by atoms with van der Waals surface area (Å²) in [5, 5.41) is 6.94. The van der Waals surface area contributed by atoms with Crippen LogP contribution in [0, 0.1) is 6.92 Å². The fourth-order valence-electron chi connectivity index (χ4n) is 1.57. The van der Waals surface area contributed by atoms with E-state index in [-0.39, 0.29) is 0 Å². The van der Waals surface area contributed by atoms with E-state index in [1.54, 1.807) is 6.20 Å². The van der Waals surface area contributed by atoms with Gasteiger partial charge in [0.25, 0.3) is 0 Å². The summed E-state index contributed by atoms with van der Waals surface area (Å²) in [5.41, 5.74) is 3.34. The number of thiocarbonyl (C=S) groups is 1. The molecule has 0 fully saturated rings. The van der Waals surface area contributed by atoms with Crippen molar-refractivity contribution in [3.63, 3.8) is 0 Å². The summed E-state index contributed by atoms with van der Waals surface area (Å²) < 4.78 is 0. The molecule has 0 spiro atoms. The summed E-state index contributed by atoms with van der Waals surface area (Å²) in [5.74, 6) is 0. The van der Waals surface area contributed by atoms with Crippen molar-refractivity contribution in [2.75, 3.05) is 5.32 Å². The standard InChI is InChI=1S/C14H15N3S/c1-11-9-15-8-7-12(11)10-16-14(18)17-13-5-3-2-4-6-13/h2-9H,10H2,1H3,(H2,16,17,18). The third-order valence-corrected chi connectivity index (χ3v) is 2.85. The van der Waals surface area contributed by atoms with Crippen LogP contribution >= 0.6 is 12.2 Å². The van der Waals surface area contributed by atoms with Gasteiger partial charge in [0.15, 0.2) is 5.11 Å². The largest absolute Gasteiger partial charge is 0.358 e. The van der Waals surface area contributed by atoms with Crippen molar-refractivity contribution >= 4 is 23.0 Å². The zero-order valence-electron chi connectivity index (χ0n) is 10.2. The molecule has 4 heteroatoms. The van der Waals surface area contributed by atoms with Crippen molar-refractivity contribution in [3.05, 3.63) is 59.9 Å². The number of benzene rings is 1. The van der Waals surface area contributed by atoms with Gasteiger partial charge in [-0.2, -0.15) is 0 Å². The maximum Gasteiger partial charge on any atom is 0.171 e. The lowest BCUT2D eigenvalue weighted by molar-refractivity contribution is 0.910. The van der Waals surface area contributed by atoms with Gasteiger partial charge >= 0.3 is 0 Å². The molecule has 0 aliphatic carbocycles. The SMILES string of the molecule is Cc1cnccc1CNC(=S)Nc1ccccc1. The molecule has 18 heavy (non-hydrogen) atoms. The van der Waals surface area contributed by atoms with Crippen LogP contribution in [-0.4, -0.2) is 10.1 Å². The van der Waals surface area contributed by atoms with Gasteiger partial charge in [-0.1, -0.05) is 18.2 Å². The average molecular weight is 257 g/mol. The molecule has 0 unspecified atom stereocenters. The van der Waals surface area contributed by atoms with Crippen molar-refractivity contribution in [2.24, 2.45) is 0 Å². The minimum Gasteiger partial charge on any atom is -0.358 e. The predicted molar refractivity (Wildman–Crippen MR) is 78.5 cm³/mol. The monoisotopic (exact) mass is 257 g/mol. The van der Waals surface area contributed by atoms with E-state index >= 15 is 0 Å². The zero-order valence-corrected chi connectivity index (χ0v) is 11.0.